The Kier molecular flexibility index (Phi) is 33.1. The molecule has 7 N–H and O–H groups in total. The number of carbonyl (C=O) groups excluding carboxylic acids is 11. The number of hydrogen-bond acceptors (Lipinski definition) is 12. The number of nitrogens with zero attached hydrogens (tertiary/aromatic N) is 4. The second kappa shape index (κ2) is 44.2. The molecule has 8 aromatic rings. The lowest BCUT2D eigenvalue weighted by Gasteiger charge is -2.25. The molecule has 29 heteroatoms. The van der Waals surface area contributed by atoms with Crippen molar-refractivity contribution in [1.82, 2.24) is 40.9 Å². The molecular weight excluding hydrogens is 1760 g/mol. The minimum absolute atomic E-state index is 0. The first kappa shape index (κ1) is 98.7. The first-order valence-corrected chi connectivity index (χ1v) is 45.5. The van der Waals surface area contributed by atoms with Gasteiger partial charge in [0.1, 0.15) is 5.82 Å². The van der Waals surface area contributed by atoms with Crippen molar-refractivity contribution in [3.8, 4) is 0 Å². The van der Waals surface area contributed by atoms with Gasteiger partial charge in [-0.25, -0.2) is 14.0 Å². The van der Waals surface area contributed by atoms with Gasteiger partial charge in [-0.3, -0.25) is 43.2 Å². The van der Waals surface area contributed by atoms with Crippen LogP contribution in [0.5, 0.6) is 0 Å². The van der Waals surface area contributed by atoms with Crippen molar-refractivity contribution in [2.75, 3.05) is 29.0 Å². The third-order valence-electron chi connectivity index (χ3n) is 24.9. The number of aryl methyl sites for hydroxylation is 3. The van der Waals surface area contributed by atoms with Crippen molar-refractivity contribution in [3.05, 3.63) is 310 Å². The van der Waals surface area contributed by atoms with E-state index in [9.17, 15) is 65.9 Å². The average Bonchev–Trinajstić information content (AvgIpc) is 1.65. The topological polar surface area (TPSA) is 285 Å². The predicted molar refractivity (Wildman–Crippen MR) is 513 cm³/mol. The monoisotopic (exact) mass is 1870 g/mol. The Labute approximate surface area is 788 Å². The largest absolute Gasteiger partial charge is 0.358 e. The van der Waals surface area contributed by atoms with E-state index in [4.69, 9.17) is 47.0 Å². The standard InChI is InChI=1S/2C26H28ClN3O3.C25H26ClN3O2S.C25H23F3N2O3.CH4/c1-16-5-3-8-23(24(31)13-16)30-15-21-18(6-4-7-20(21)25(30)32)11-12-28-26(33)29-19-10-9-17(2)22(27)14-19;1-16-4-3-5-23(24(31)12-16)30-15-19-13-18(7-9-21(19)25(30)32)10-11-28-26(33)29-20-8-6-17(2)22(27)14-20;1-15-4-3-5-22(23(30)10-15)29-14-18-11-17(7-9-20(18)24(29)31)13-27-25(32)28-19-8-6-16(2)21(26)12-19;1-15-3-2-4-21(22(31)11-15)30-14-17-12-16(5-10-20(17)23(30)32)13-29-24(33)25(27,28)18-6-8-19(26)9-7-18;/h4,6-7,9-10,14,23H,1,3,5,8,11-13,15H2,2H3,(H2,28,29,33);6-9,13-14,23H,1,3-5,10-12,15H2,2H3,(H2,28,29,33);6-9,11-12,22H,1,3-5,10,13-14H2,2H3,(H2,27,28,32);5-10,12,21H,1-4,11,13-14H2,(H,29,33);1H4. The number of carbonyl (C=O) groups is 11. The Hall–Kier alpha value is -12.4. The highest BCUT2D eigenvalue weighted by Gasteiger charge is 2.44. The summed E-state index contributed by atoms with van der Waals surface area (Å²) in [4.78, 5) is 146. The Morgan fingerprint density at radius 1 is 0.424 bits per heavy atom. The van der Waals surface area contributed by atoms with Gasteiger partial charge >= 0.3 is 18.0 Å². The number of anilines is 3. The second-order valence-electron chi connectivity index (χ2n) is 34.6. The minimum Gasteiger partial charge on any atom is -0.358 e. The van der Waals surface area contributed by atoms with Crippen LogP contribution in [0.15, 0.2) is 200 Å². The van der Waals surface area contributed by atoms with E-state index in [0.717, 1.165) is 154 Å². The molecule has 8 aromatic carbocycles. The third-order valence-corrected chi connectivity index (χ3v) is 26.4. The number of halogens is 6. The number of ketones is 4. The number of benzene rings is 8. The number of hydrogen-bond donors (Lipinski definition) is 7. The molecule has 16 rings (SSSR count). The maximum atomic E-state index is 14.4. The first-order valence-electron chi connectivity index (χ1n) is 44.0. The van der Waals surface area contributed by atoms with E-state index in [2.05, 4.69) is 63.5 Å². The smallest absolute Gasteiger partial charge is 0.349 e. The molecule has 690 valence electrons. The molecule has 132 heavy (non-hydrogen) atoms. The number of urea groups is 2. The molecule has 4 unspecified atom stereocenters. The Morgan fingerprint density at radius 3 is 1.18 bits per heavy atom. The van der Waals surface area contributed by atoms with Crippen molar-refractivity contribution in [2.45, 2.75) is 213 Å². The van der Waals surface area contributed by atoms with Crippen LogP contribution < -0.4 is 37.2 Å². The maximum absolute atomic E-state index is 14.4. The lowest BCUT2D eigenvalue weighted by molar-refractivity contribution is -0.147. The molecule has 4 aliphatic heterocycles. The Morgan fingerprint density at radius 2 is 0.780 bits per heavy atom. The van der Waals surface area contributed by atoms with E-state index in [1.165, 1.54) is 0 Å². The summed E-state index contributed by atoms with van der Waals surface area (Å²) in [6, 6.07) is 39.8. The summed E-state index contributed by atoms with van der Waals surface area (Å²) in [6.45, 7) is 24.4. The van der Waals surface area contributed by atoms with Gasteiger partial charge < -0.3 is 56.8 Å². The molecule has 4 saturated carbocycles. The Balaban J connectivity index is 0.000000158. The number of allylic oxidation sites excluding steroid dienone is 4. The van der Waals surface area contributed by atoms with E-state index in [1.807, 2.05) is 106 Å². The van der Waals surface area contributed by atoms with Crippen molar-refractivity contribution >= 4 is 134 Å². The molecule has 8 aliphatic rings. The SMILES string of the molecule is C.C=C1CCCC(N2Cc3c(CCNC(=O)Nc4ccc(C)c(Cl)c4)cccc3C2=O)C(=O)C1.C=C1CCCC(N2Cc3cc(CCNC(=O)Nc4ccc(C)c(Cl)c4)ccc3C2=O)C(=O)C1.C=C1CCCC(N2Cc3cc(CNC(=O)C(F)(F)c4ccc(F)cc4)ccc3C2=O)C(=O)C1.C=C1CCCC(N2Cc3cc(CNC(=S)Nc4ccc(C)c(Cl)c4)ccc3C2=O)C(=O)C1. The van der Waals surface area contributed by atoms with Gasteiger partial charge in [0.2, 0.25) is 0 Å². The number of nitrogens with one attached hydrogen (secondary N) is 7. The summed E-state index contributed by atoms with van der Waals surface area (Å²) in [5.74, 6) is -6.19. The molecule has 0 aromatic heterocycles. The van der Waals surface area contributed by atoms with Crippen molar-refractivity contribution in [3.63, 3.8) is 0 Å². The summed E-state index contributed by atoms with van der Waals surface area (Å²) in [6.07, 6.45) is 12.0. The van der Waals surface area contributed by atoms with Crippen LogP contribution in [0.3, 0.4) is 0 Å². The van der Waals surface area contributed by atoms with Crippen LogP contribution in [0.2, 0.25) is 15.1 Å². The van der Waals surface area contributed by atoms with E-state index < -0.39 is 29.3 Å². The van der Waals surface area contributed by atoms with Crippen LogP contribution in [0, 0.1) is 26.6 Å². The molecule has 0 saturated heterocycles. The molecule has 4 fully saturated rings. The molecule has 9 amide bonds. The molecular formula is C103H109Cl3F3N11O11S. The highest BCUT2D eigenvalue weighted by molar-refractivity contribution is 7.80. The lowest BCUT2D eigenvalue weighted by atomic mass is 10.0. The molecule has 4 aliphatic carbocycles. The van der Waals surface area contributed by atoms with Crippen molar-refractivity contribution < 1.29 is 65.9 Å². The zero-order chi connectivity index (χ0) is 93.6. The number of alkyl halides is 2. The fourth-order valence-corrected chi connectivity index (χ4v) is 18.3. The lowest BCUT2D eigenvalue weighted by Crippen LogP contribution is -2.40. The number of Topliss-reactive ketones (excluding diaryl/α,β-unsaturated/α-hetero) is 4. The number of thiocarbonyl (C=S) groups is 1. The highest BCUT2D eigenvalue weighted by Crippen LogP contribution is 2.38. The van der Waals surface area contributed by atoms with Crippen LogP contribution in [0.25, 0.3) is 0 Å². The van der Waals surface area contributed by atoms with Gasteiger partial charge in [-0.15, -0.1) is 0 Å². The van der Waals surface area contributed by atoms with Crippen LogP contribution in [-0.4, -0.2) is 127 Å². The average molecular weight is 1870 g/mol. The highest BCUT2D eigenvalue weighted by atomic mass is 35.5. The maximum Gasteiger partial charge on any atom is 0.349 e. The normalized spacial score (nSPS) is 18.2. The molecule has 0 spiro atoms. The van der Waals surface area contributed by atoms with Crippen molar-refractivity contribution in [2.24, 2.45) is 0 Å². The van der Waals surface area contributed by atoms with Gasteiger partial charge in [-0.2, -0.15) is 8.78 Å². The third kappa shape index (κ3) is 24.5. The van der Waals surface area contributed by atoms with E-state index >= 15 is 0 Å². The van der Waals surface area contributed by atoms with Gasteiger partial charge in [0.25, 0.3) is 29.5 Å². The Bertz CT molecular complexity index is 5920. The molecule has 0 bridgehead atoms. The minimum atomic E-state index is -3.82. The zero-order valence-electron chi connectivity index (χ0n) is 73.4. The molecule has 4 heterocycles. The van der Waals surface area contributed by atoms with Gasteiger partial charge in [-0.05, 0) is 269 Å². The van der Waals surface area contributed by atoms with Crippen molar-refractivity contribution in [1.29, 1.82) is 0 Å². The molecule has 0 radical (unpaired) electrons. The van der Waals surface area contributed by atoms with E-state index in [-0.39, 0.29) is 104 Å². The number of fused-ring (bicyclic) bond motifs is 4. The van der Waals surface area contributed by atoms with Crippen LogP contribution in [0.1, 0.15) is 218 Å². The fourth-order valence-electron chi connectivity index (χ4n) is 17.6. The van der Waals surface area contributed by atoms with Gasteiger partial charge in [-0.1, -0.05) is 158 Å². The van der Waals surface area contributed by atoms with Crippen LogP contribution in [0.4, 0.5) is 39.8 Å². The van der Waals surface area contributed by atoms with Gasteiger partial charge in [0.05, 0.1) is 24.2 Å². The predicted octanol–water partition coefficient (Wildman–Crippen LogP) is 20.1. The summed E-state index contributed by atoms with van der Waals surface area (Å²) in [5.41, 5.74) is 17.7. The number of rotatable bonds is 19. The molecule has 4 atom stereocenters. The number of amides is 9. The first-order chi connectivity index (χ1) is 62.6. The fraction of sp³-hybridized carbons (Fsp3) is 0.340. The van der Waals surface area contributed by atoms with Crippen LogP contribution in [-0.2, 0) is 82.0 Å². The van der Waals surface area contributed by atoms with Gasteiger partial charge in [0, 0.05) is 138 Å². The van der Waals surface area contributed by atoms with Gasteiger partial charge in [0.15, 0.2) is 28.2 Å². The summed E-state index contributed by atoms with van der Waals surface area (Å²) < 4.78 is 41.8. The quantitative estimate of drug-likeness (QED) is 0.0225. The van der Waals surface area contributed by atoms with E-state index in [1.54, 1.807) is 62.1 Å². The second-order valence-corrected chi connectivity index (χ2v) is 36.2. The summed E-state index contributed by atoms with van der Waals surface area (Å²) in [5, 5.41) is 22.2. The van der Waals surface area contributed by atoms with Crippen LogP contribution >= 0.6 is 47.0 Å². The molecule has 22 nitrogen and oxygen atoms in total. The summed E-state index contributed by atoms with van der Waals surface area (Å²) in [7, 11) is 0. The van der Waals surface area contributed by atoms with E-state index in [0.29, 0.717) is 162 Å². The zero-order valence-corrected chi connectivity index (χ0v) is 76.5. The summed E-state index contributed by atoms with van der Waals surface area (Å²) >= 11 is 23.8.